The van der Waals surface area contributed by atoms with E-state index in [1.165, 1.54) is 190 Å². The fourth-order valence-corrected chi connectivity index (χ4v) is 14.4. The fraction of sp³-hybridized carbons (Fsp3) is 0.310. The maximum Gasteiger partial charge on any atom is 0.292 e. The lowest BCUT2D eigenvalue weighted by Gasteiger charge is -2.10. The molecule has 139 heavy (non-hydrogen) atoms. The lowest BCUT2D eigenvalue weighted by atomic mass is 10.3. The van der Waals surface area contributed by atoms with E-state index in [9.17, 15) is 81.5 Å². The van der Waals surface area contributed by atoms with Crippen LogP contribution in [0.25, 0.3) is 0 Å². The molecule has 0 fully saturated rings. The summed E-state index contributed by atoms with van der Waals surface area (Å²) in [6.45, 7) is 2.59. The first kappa shape index (κ1) is 100.0. The summed E-state index contributed by atoms with van der Waals surface area (Å²) in [5, 5.41) is 45.6. The zero-order valence-corrected chi connectivity index (χ0v) is 78.4. The van der Waals surface area contributed by atoms with E-state index < -0.39 is 88.6 Å². The van der Waals surface area contributed by atoms with Crippen molar-refractivity contribution in [3.05, 3.63) is 186 Å². The molecule has 12 aromatic rings. The van der Waals surface area contributed by atoms with Gasteiger partial charge in [-0.05, 0) is 75.9 Å². The molecule has 0 radical (unpaired) electrons. The second-order valence-corrected chi connectivity index (χ2v) is 32.7. The summed E-state index contributed by atoms with van der Waals surface area (Å²) in [6.07, 6.45) is 18.3. The van der Waals surface area contributed by atoms with Crippen LogP contribution in [0.3, 0.4) is 0 Å². The number of aromatic nitrogens is 17. The zero-order valence-electron chi connectivity index (χ0n) is 78.4. The molecule has 0 saturated heterocycles. The summed E-state index contributed by atoms with van der Waals surface area (Å²) in [6, 6.07) is 10.1. The number of imidazole rings is 5. The topological polar surface area (TPSA) is 622 Å². The van der Waals surface area contributed by atoms with Crippen molar-refractivity contribution in [2.45, 2.75) is 45.4 Å². The molecule has 0 saturated carbocycles. The quantitative estimate of drug-likeness (QED) is 0.0245. The lowest BCUT2D eigenvalue weighted by Crippen LogP contribution is -2.32. The number of nitrogens with zero attached hydrogens (tertiary/aromatic N) is 18. The number of rotatable bonds is 41. The lowest BCUT2D eigenvalue weighted by molar-refractivity contribution is -0.121. The minimum absolute atomic E-state index is 0.00394. The van der Waals surface area contributed by atoms with E-state index in [1.54, 1.807) is 73.3 Å². The smallest absolute Gasteiger partial charge is 0.292 e. The van der Waals surface area contributed by atoms with E-state index >= 15 is 0 Å². The van der Waals surface area contributed by atoms with Gasteiger partial charge in [0.2, 0.25) is 58.7 Å². The summed E-state index contributed by atoms with van der Waals surface area (Å²) < 4.78 is 17.3. The van der Waals surface area contributed by atoms with Crippen molar-refractivity contribution >= 4 is 169 Å². The number of carbonyl (C=O) groups is 17. The fourth-order valence-electron chi connectivity index (χ4n) is 14.4. The Labute approximate surface area is 791 Å². The molecule has 12 heterocycles. The Bertz CT molecular complexity index is 6830. The summed E-state index contributed by atoms with van der Waals surface area (Å²) in [4.78, 5) is 247. The van der Waals surface area contributed by atoms with Gasteiger partial charge in [0, 0.05) is 224 Å². The largest absolute Gasteiger partial charge is 0.356 e. The van der Waals surface area contributed by atoms with E-state index in [-0.39, 0.29) is 191 Å². The molecule has 0 aliphatic heterocycles. The molecule has 0 aliphatic rings. The van der Waals surface area contributed by atoms with Crippen LogP contribution in [0.1, 0.15) is 172 Å². The number of carbonyl (C=O) groups excluding carboxylic acids is 17. The van der Waals surface area contributed by atoms with E-state index in [4.69, 9.17) is 0 Å². The maximum atomic E-state index is 13.6. The number of amides is 17. The minimum atomic E-state index is -0.740. The Morgan fingerprint density at radius 1 is 0.230 bits per heavy atom. The average molecular weight is 1910 g/mol. The SMILES string of the molecule is CC(=O)Nc1cc(C(=O)Nc2cc(C(=O)Nc3cc(C(=O)NCCC(=O)Nc4cn(C)c(C(=O)Nc5cc(C(=O)Nc6cc(C(=O)NCCCC(=O)Nc7cn(C)c(C(=O)Nc8cn(C)c(C(=O)Nc9cc(C(=O)NCCC(=O)Nc%10cn(C)c(C(=O)Nc%11cc(C(=O)Nc%12cn(C)c(C(=O)NCCC(=O)NCCCN(C)C)n%12)n(C)c%11)n%10)n(C)c9)n8)n7)n(C)c6)n(C)c5)n4)n(C)c3)n(C)c2)n(C)c1. The highest BCUT2D eigenvalue weighted by atomic mass is 16.2. The maximum absolute atomic E-state index is 13.6. The van der Waals surface area contributed by atoms with Crippen LogP contribution >= 0.6 is 0 Å². The van der Waals surface area contributed by atoms with Crippen molar-refractivity contribution in [2.24, 2.45) is 84.6 Å². The second kappa shape index (κ2) is 43.8. The third kappa shape index (κ3) is 25.9. The first-order valence-electron chi connectivity index (χ1n) is 43.0. The Balaban J connectivity index is 0.517. The van der Waals surface area contributed by atoms with Gasteiger partial charge in [0.15, 0.2) is 29.1 Å². The van der Waals surface area contributed by atoms with Gasteiger partial charge in [0.25, 0.3) is 70.9 Å². The van der Waals surface area contributed by atoms with Crippen LogP contribution < -0.4 is 90.4 Å². The second-order valence-electron chi connectivity index (χ2n) is 32.7. The van der Waals surface area contributed by atoms with E-state index in [0.29, 0.717) is 23.6 Å². The number of nitrogens with one attached hydrogen (secondary N) is 17. The predicted molar refractivity (Wildman–Crippen MR) is 506 cm³/mol. The van der Waals surface area contributed by atoms with Gasteiger partial charge in [0.1, 0.15) is 39.9 Å². The monoisotopic (exact) mass is 1910 g/mol. The van der Waals surface area contributed by atoms with Gasteiger partial charge >= 0.3 is 0 Å². The Hall–Kier alpha value is -18.0. The third-order valence-electron chi connectivity index (χ3n) is 21.1. The van der Waals surface area contributed by atoms with Gasteiger partial charge < -0.3 is 150 Å². The highest BCUT2D eigenvalue weighted by Gasteiger charge is 2.29. The Kier molecular flexibility index (Phi) is 31.5. The van der Waals surface area contributed by atoms with Crippen LogP contribution in [0.15, 0.2) is 117 Å². The predicted octanol–water partition coefficient (Wildman–Crippen LogP) is 2.55. The van der Waals surface area contributed by atoms with Crippen molar-refractivity contribution in [1.82, 2.24) is 111 Å². The highest BCUT2D eigenvalue weighted by molar-refractivity contribution is 6.12. The number of anilines is 12. The summed E-state index contributed by atoms with van der Waals surface area (Å²) in [7, 11) is 22.8. The van der Waals surface area contributed by atoms with Crippen LogP contribution in [0.4, 0.5) is 68.9 Å². The van der Waals surface area contributed by atoms with Crippen LogP contribution in [0.5, 0.6) is 0 Å². The van der Waals surface area contributed by atoms with Crippen molar-refractivity contribution in [3.8, 4) is 0 Å². The third-order valence-corrected chi connectivity index (χ3v) is 21.1. The molecule has 0 aliphatic carbocycles. The molecule has 12 aromatic heterocycles. The molecule has 17 N–H and O–H groups in total. The van der Waals surface area contributed by atoms with Gasteiger partial charge in [-0.15, -0.1) is 0 Å². The molecule has 0 aromatic carbocycles. The van der Waals surface area contributed by atoms with Gasteiger partial charge in [-0.3, -0.25) is 81.5 Å². The summed E-state index contributed by atoms with van der Waals surface area (Å²) in [5.74, 6) is -9.57. The van der Waals surface area contributed by atoms with Gasteiger partial charge in [0.05, 0.1) is 39.8 Å². The molecule has 52 heteroatoms. The van der Waals surface area contributed by atoms with Gasteiger partial charge in [-0.2, -0.15) is 0 Å². The molecule has 0 unspecified atom stereocenters. The van der Waals surface area contributed by atoms with E-state index in [2.05, 4.69) is 115 Å². The Morgan fingerprint density at radius 2 is 0.453 bits per heavy atom. The van der Waals surface area contributed by atoms with Crippen molar-refractivity contribution in [2.75, 3.05) is 117 Å². The summed E-state index contributed by atoms with van der Waals surface area (Å²) in [5.41, 5.74) is 3.14. The number of hydrogen-bond donors (Lipinski definition) is 17. The number of hydrogen-bond acceptors (Lipinski definition) is 23. The van der Waals surface area contributed by atoms with Crippen LogP contribution in [0, 0.1) is 0 Å². The molecule has 12 rings (SSSR count). The molecular weight excluding hydrogens is 1810 g/mol. The van der Waals surface area contributed by atoms with Crippen LogP contribution in [0.2, 0.25) is 0 Å². The first-order valence-corrected chi connectivity index (χ1v) is 43.0. The summed E-state index contributed by atoms with van der Waals surface area (Å²) >= 11 is 0. The van der Waals surface area contributed by atoms with E-state index in [0.717, 1.165) is 13.0 Å². The Morgan fingerprint density at radius 3 is 0.755 bits per heavy atom. The molecular formula is C87H105N35O17. The highest BCUT2D eigenvalue weighted by Crippen LogP contribution is 2.26. The van der Waals surface area contributed by atoms with Crippen LogP contribution in [-0.4, -0.2) is 238 Å². The standard InChI is InChI=1S/C87H105N35O17/c1-47(123)93-48-28-58(114(7)35-48)79(131)96-51-32-59(115(8)38-51)80(132)95-50-30-56(112(5)37-50)77(129)90-25-20-69(126)101-63-43-119(12)72(103-63)84(136)98-53-33-60(116(9)40-53)81(133)94-49-29-55(111(4)36-49)76(128)89-22-16-18-68(125)100-62-42-121(14)75(105-62)87(139)109-66-46-122(15)74(107-66)86(138)97-52-31-57(113(6)39-52)78(130)91-26-21-70(127)102-64-44-120(13)73(104-64)85(137)99-54-34-61(117(10)41-54)82(134)108-65-45-118(11)71(106-65)83(135)92-24-19-67(124)88-23-17-27-110(2)3/h28-46H,16-27H2,1-15H3,(H,88,124)(H,89,128)(H,90,129)(H,91,130)(H,92,135)(H,93,123)(H,94,133)(H,95,132)(H,96,131)(H,97,138)(H,98,136)(H,99,137)(H,100,125)(H,101,126)(H,102,127)(H,108,134)(H,109,139). The molecule has 0 spiro atoms. The molecule has 0 bridgehead atoms. The molecule has 52 nitrogen and oxygen atoms in total. The number of aryl methyl sites for hydroxylation is 12. The van der Waals surface area contributed by atoms with Gasteiger partial charge in [-0.1, -0.05) is 0 Å². The minimum Gasteiger partial charge on any atom is -0.356 e. The van der Waals surface area contributed by atoms with Crippen LogP contribution in [-0.2, 0) is 109 Å². The van der Waals surface area contributed by atoms with Crippen molar-refractivity contribution in [1.29, 1.82) is 0 Å². The van der Waals surface area contributed by atoms with Crippen molar-refractivity contribution in [3.63, 3.8) is 0 Å². The molecule has 730 valence electrons. The molecule has 0 atom stereocenters. The normalized spacial score (nSPS) is 11.0. The van der Waals surface area contributed by atoms with Gasteiger partial charge in [-0.25, -0.2) is 24.9 Å². The average Bonchev–Trinajstić information content (AvgIpc) is 1.68. The molecule has 17 amide bonds. The first-order chi connectivity index (χ1) is 66.0. The van der Waals surface area contributed by atoms with Crippen molar-refractivity contribution < 1.29 is 81.5 Å². The van der Waals surface area contributed by atoms with E-state index in [1.807, 2.05) is 19.0 Å². The zero-order chi connectivity index (χ0) is 101.